The molecule has 166 valence electrons. The Hall–Kier alpha value is -0.900. The van der Waals surface area contributed by atoms with Crippen LogP contribution in [0.1, 0.15) is 45.7 Å². The van der Waals surface area contributed by atoms with Crippen LogP contribution in [-0.2, 0) is 22.6 Å². The number of rotatable bonds is 9. The van der Waals surface area contributed by atoms with Crippen molar-refractivity contribution in [3.63, 3.8) is 0 Å². The normalized spacial score (nSPS) is 15.9. The highest BCUT2D eigenvalue weighted by molar-refractivity contribution is 14.0. The molecule has 1 fully saturated rings. The van der Waals surface area contributed by atoms with Crippen LogP contribution in [0.25, 0.3) is 0 Å². The van der Waals surface area contributed by atoms with Crippen LogP contribution in [0.5, 0.6) is 0 Å². The van der Waals surface area contributed by atoms with Gasteiger partial charge in [-0.25, -0.2) is 4.99 Å². The van der Waals surface area contributed by atoms with Gasteiger partial charge < -0.3 is 20.1 Å². The van der Waals surface area contributed by atoms with Crippen LogP contribution in [0.3, 0.4) is 0 Å². The lowest BCUT2D eigenvalue weighted by Gasteiger charge is -2.41. The Morgan fingerprint density at radius 1 is 1.14 bits per heavy atom. The Labute approximate surface area is 193 Å². The maximum Gasteiger partial charge on any atom is 0.191 e. The van der Waals surface area contributed by atoms with Crippen molar-refractivity contribution in [2.24, 2.45) is 4.99 Å². The van der Waals surface area contributed by atoms with Crippen molar-refractivity contribution in [3.8, 4) is 0 Å². The summed E-state index contributed by atoms with van der Waals surface area (Å²) in [6.07, 6.45) is 0.250. The van der Waals surface area contributed by atoms with Crippen LogP contribution in [0.15, 0.2) is 29.3 Å². The Morgan fingerprint density at radius 2 is 1.76 bits per heavy atom. The van der Waals surface area contributed by atoms with Crippen molar-refractivity contribution in [1.82, 2.24) is 15.5 Å². The van der Waals surface area contributed by atoms with E-state index < -0.39 is 0 Å². The van der Waals surface area contributed by atoms with Crippen molar-refractivity contribution in [1.29, 1.82) is 0 Å². The zero-order valence-electron chi connectivity index (χ0n) is 18.7. The third-order valence-electron chi connectivity index (χ3n) is 4.93. The fourth-order valence-electron chi connectivity index (χ4n) is 3.10. The van der Waals surface area contributed by atoms with Gasteiger partial charge in [-0.1, -0.05) is 24.3 Å². The molecule has 0 radical (unpaired) electrons. The van der Waals surface area contributed by atoms with Gasteiger partial charge in [0.25, 0.3) is 0 Å². The molecule has 1 aliphatic rings. The Kier molecular flexibility index (Phi) is 12.1. The molecule has 0 bridgehead atoms. The van der Waals surface area contributed by atoms with Crippen LogP contribution in [0.2, 0.25) is 0 Å². The van der Waals surface area contributed by atoms with Gasteiger partial charge in [0.05, 0.1) is 32.5 Å². The molecule has 7 heteroatoms. The molecule has 1 heterocycles. The molecule has 29 heavy (non-hydrogen) atoms. The highest BCUT2D eigenvalue weighted by atomic mass is 127. The number of benzene rings is 1. The van der Waals surface area contributed by atoms with Crippen molar-refractivity contribution in [2.45, 2.75) is 59.4 Å². The summed E-state index contributed by atoms with van der Waals surface area (Å²) >= 11 is 0. The summed E-state index contributed by atoms with van der Waals surface area (Å²) in [5.41, 5.74) is 2.44. The molecule has 0 amide bonds. The first kappa shape index (κ1) is 26.1. The molecule has 0 unspecified atom stereocenters. The average Bonchev–Trinajstić information content (AvgIpc) is 2.70. The van der Waals surface area contributed by atoms with Crippen LogP contribution in [-0.4, -0.2) is 61.9 Å². The molecule has 2 rings (SSSR count). The Bertz CT molecular complexity index is 599. The lowest BCUT2D eigenvalue weighted by Crippen LogP contribution is -2.56. The first-order chi connectivity index (χ1) is 13.4. The highest BCUT2D eigenvalue weighted by Gasteiger charge is 2.28. The topological polar surface area (TPSA) is 58.1 Å². The SMILES string of the molecule is CCNC(=NCc1ccc(COC(C)C)cc1)NCC(C)(C)N1CCOCC1.I. The Morgan fingerprint density at radius 3 is 2.34 bits per heavy atom. The molecular formula is C22H39IN4O2. The van der Waals surface area contributed by atoms with Gasteiger partial charge in [-0.05, 0) is 45.7 Å². The van der Waals surface area contributed by atoms with Gasteiger partial charge in [0.15, 0.2) is 5.96 Å². The van der Waals surface area contributed by atoms with Crippen LogP contribution in [0, 0.1) is 0 Å². The third kappa shape index (κ3) is 9.63. The van der Waals surface area contributed by atoms with Crippen molar-refractivity contribution >= 4 is 29.9 Å². The van der Waals surface area contributed by atoms with Crippen LogP contribution >= 0.6 is 24.0 Å². The van der Waals surface area contributed by atoms with Gasteiger partial charge in [-0.2, -0.15) is 0 Å². The van der Waals surface area contributed by atoms with Crippen molar-refractivity contribution < 1.29 is 9.47 Å². The lowest BCUT2D eigenvalue weighted by molar-refractivity contribution is -0.00834. The number of ether oxygens (including phenoxy) is 2. The van der Waals surface area contributed by atoms with E-state index in [1.54, 1.807) is 0 Å². The molecule has 1 aromatic rings. The zero-order chi connectivity index (χ0) is 20.4. The summed E-state index contributed by atoms with van der Waals surface area (Å²) in [5.74, 6) is 0.857. The summed E-state index contributed by atoms with van der Waals surface area (Å²) in [5, 5.41) is 6.86. The first-order valence-corrected chi connectivity index (χ1v) is 10.4. The van der Waals surface area contributed by atoms with Crippen LogP contribution < -0.4 is 10.6 Å². The molecule has 1 aliphatic heterocycles. The number of guanidine groups is 1. The minimum atomic E-state index is 0. The number of morpholine rings is 1. The monoisotopic (exact) mass is 518 g/mol. The molecule has 6 nitrogen and oxygen atoms in total. The highest BCUT2D eigenvalue weighted by Crippen LogP contribution is 2.15. The molecule has 0 aromatic heterocycles. The number of halogens is 1. The first-order valence-electron chi connectivity index (χ1n) is 10.4. The number of hydrogen-bond donors (Lipinski definition) is 2. The van der Waals surface area contributed by atoms with E-state index in [-0.39, 0.29) is 35.6 Å². The summed E-state index contributed by atoms with van der Waals surface area (Å²) in [6, 6.07) is 8.50. The second kappa shape index (κ2) is 13.4. The van der Waals surface area contributed by atoms with Gasteiger partial charge in [0.2, 0.25) is 0 Å². The number of nitrogens with zero attached hydrogens (tertiary/aromatic N) is 2. The zero-order valence-corrected chi connectivity index (χ0v) is 21.0. The molecule has 0 atom stereocenters. The van der Waals surface area contributed by atoms with Gasteiger partial charge in [-0.3, -0.25) is 4.90 Å². The summed E-state index contributed by atoms with van der Waals surface area (Å²) < 4.78 is 11.1. The van der Waals surface area contributed by atoms with E-state index >= 15 is 0 Å². The van der Waals surface area contributed by atoms with E-state index in [4.69, 9.17) is 14.5 Å². The van der Waals surface area contributed by atoms with Gasteiger partial charge >= 0.3 is 0 Å². The van der Waals surface area contributed by atoms with E-state index in [1.165, 1.54) is 11.1 Å². The maximum absolute atomic E-state index is 5.65. The number of aliphatic imine (C=N–C) groups is 1. The van der Waals surface area contributed by atoms with Crippen LogP contribution in [0.4, 0.5) is 0 Å². The molecule has 0 aliphatic carbocycles. The van der Waals surface area contributed by atoms with Gasteiger partial charge in [0.1, 0.15) is 0 Å². The van der Waals surface area contributed by atoms with E-state index in [0.29, 0.717) is 13.2 Å². The van der Waals surface area contributed by atoms with Gasteiger partial charge in [0, 0.05) is 31.7 Å². The number of hydrogen-bond acceptors (Lipinski definition) is 4. The molecular weight excluding hydrogens is 479 g/mol. The molecule has 1 saturated heterocycles. The fraction of sp³-hybridized carbons (Fsp3) is 0.682. The average molecular weight is 518 g/mol. The van der Waals surface area contributed by atoms with Gasteiger partial charge in [-0.15, -0.1) is 24.0 Å². The molecule has 2 N–H and O–H groups in total. The second-order valence-corrected chi connectivity index (χ2v) is 8.14. The largest absolute Gasteiger partial charge is 0.379 e. The lowest BCUT2D eigenvalue weighted by atomic mass is 10.0. The minimum Gasteiger partial charge on any atom is -0.379 e. The standard InChI is InChI=1S/C22H38N4O2.HI/c1-6-23-21(25-17-22(4,5)26-11-13-27-14-12-26)24-15-19-7-9-20(10-8-19)16-28-18(2)3;/h7-10,18H,6,11-17H2,1-5H3,(H2,23,24,25);1H. The smallest absolute Gasteiger partial charge is 0.191 e. The van der Waals surface area contributed by atoms with Crippen molar-refractivity contribution in [3.05, 3.63) is 35.4 Å². The second-order valence-electron chi connectivity index (χ2n) is 8.14. The summed E-state index contributed by atoms with van der Waals surface area (Å²) in [4.78, 5) is 7.23. The van der Waals surface area contributed by atoms with E-state index in [2.05, 4.69) is 74.4 Å². The van der Waals surface area contributed by atoms with E-state index in [9.17, 15) is 0 Å². The minimum absolute atomic E-state index is 0. The maximum atomic E-state index is 5.65. The molecule has 0 saturated carbocycles. The quantitative estimate of drug-likeness (QED) is 0.298. The molecule has 0 spiro atoms. The third-order valence-corrected chi connectivity index (χ3v) is 4.93. The van der Waals surface area contributed by atoms with Crippen molar-refractivity contribution in [2.75, 3.05) is 39.4 Å². The number of nitrogens with one attached hydrogen (secondary N) is 2. The summed E-state index contributed by atoms with van der Waals surface area (Å²) in [7, 11) is 0. The van der Waals surface area contributed by atoms with E-state index in [0.717, 1.165) is 45.4 Å². The Balaban J connectivity index is 0.00000420. The fourth-order valence-corrected chi connectivity index (χ4v) is 3.10. The predicted octanol–water partition coefficient (Wildman–Crippen LogP) is 3.40. The predicted molar refractivity (Wildman–Crippen MR) is 131 cm³/mol. The summed E-state index contributed by atoms with van der Waals surface area (Å²) in [6.45, 7) is 17.3. The molecule has 1 aromatic carbocycles. The van der Waals surface area contributed by atoms with E-state index in [1.807, 2.05) is 0 Å².